The number of carbonyl (C=O) groups is 1. The lowest BCUT2D eigenvalue weighted by Gasteiger charge is -2.37. The van der Waals surface area contributed by atoms with Gasteiger partial charge in [-0.3, -0.25) is 9.78 Å². The number of piperidine rings is 1. The Morgan fingerprint density at radius 2 is 1.68 bits per heavy atom. The summed E-state index contributed by atoms with van der Waals surface area (Å²) in [5, 5.41) is 7.29. The summed E-state index contributed by atoms with van der Waals surface area (Å²) in [6.07, 6.45) is 3.92. The fraction of sp³-hybridized carbons (Fsp3) is 0.179. The molecule has 7 nitrogen and oxygen atoms in total. The molecule has 6 rings (SSSR count). The largest absolute Gasteiger partial charge is 0.340 e. The molecule has 2 aromatic heterocycles. The SMILES string of the molecule is C=C1Nc2ccc(F)c(F)c2N1C1CCN(C(=O)c2cc(-c3cccnc3)n(-c3cc(F)c(F)c(F)c3)n2)CC1. The van der Waals surface area contributed by atoms with Gasteiger partial charge >= 0.3 is 0 Å². The molecule has 2 aromatic carbocycles. The topological polar surface area (TPSA) is 66.3 Å². The number of aromatic nitrogens is 3. The first-order valence-electron chi connectivity index (χ1n) is 12.4. The maximum absolute atomic E-state index is 14.7. The number of rotatable bonds is 4. The third-order valence-corrected chi connectivity index (χ3v) is 7.10. The minimum absolute atomic E-state index is 0.00755. The molecule has 12 heteroatoms. The molecule has 4 heterocycles. The van der Waals surface area contributed by atoms with Gasteiger partial charge in [0.05, 0.1) is 17.1 Å². The zero-order valence-electron chi connectivity index (χ0n) is 20.8. The van der Waals surface area contributed by atoms with Crippen molar-refractivity contribution in [3.05, 3.63) is 102 Å². The van der Waals surface area contributed by atoms with Gasteiger partial charge in [0.15, 0.2) is 34.8 Å². The van der Waals surface area contributed by atoms with Gasteiger partial charge in [-0.2, -0.15) is 5.10 Å². The first-order valence-corrected chi connectivity index (χ1v) is 12.4. The molecule has 0 saturated carbocycles. The van der Waals surface area contributed by atoms with Crippen LogP contribution < -0.4 is 10.2 Å². The van der Waals surface area contributed by atoms with E-state index in [1.54, 1.807) is 28.1 Å². The zero-order valence-corrected chi connectivity index (χ0v) is 20.8. The van der Waals surface area contributed by atoms with Crippen molar-refractivity contribution in [1.29, 1.82) is 0 Å². The summed E-state index contributed by atoms with van der Waals surface area (Å²) >= 11 is 0. The molecule has 1 fully saturated rings. The lowest BCUT2D eigenvalue weighted by molar-refractivity contribution is 0.0707. The number of halogens is 5. The van der Waals surface area contributed by atoms with Crippen LogP contribution in [0, 0.1) is 29.1 Å². The monoisotopic (exact) mass is 552 g/mol. The van der Waals surface area contributed by atoms with E-state index in [4.69, 9.17) is 0 Å². The minimum atomic E-state index is -1.61. The Hall–Kier alpha value is -4.74. The quantitative estimate of drug-likeness (QED) is 0.262. The van der Waals surface area contributed by atoms with Crippen LogP contribution in [0.5, 0.6) is 0 Å². The van der Waals surface area contributed by atoms with Crippen LogP contribution in [-0.2, 0) is 0 Å². The Labute approximate surface area is 225 Å². The number of pyridine rings is 1. The van der Waals surface area contributed by atoms with Crippen molar-refractivity contribution >= 4 is 17.3 Å². The molecule has 2 aliphatic rings. The second-order valence-corrected chi connectivity index (χ2v) is 9.51. The van der Waals surface area contributed by atoms with Gasteiger partial charge in [0, 0.05) is 49.2 Å². The van der Waals surface area contributed by atoms with E-state index in [2.05, 4.69) is 22.0 Å². The van der Waals surface area contributed by atoms with Crippen LogP contribution in [0.25, 0.3) is 16.9 Å². The average Bonchev–Trinajstić information content (AvgIpc) is 3.55. The van der Waals surface area contributed by atoms with Gasteiger partial charge in [0.25, 0.3) is 5.91 Å². The van der Waals surface area contributed by atoms with Crippen LogP contribution in [0.4, 0.5) is 33.3 Å². The highest BCUT2D eigenvalue weighted by atomic mass is 19.2. The van der Waals surface area contributed by atoms with E-state index in [1.807, 2.05) is 0 Å². The van der Waals surface area contributed by atoms with Crippen molar-refractivity contribution in [3.63, 3.8) is 0 Å². The molecule has 1 N–H and O–H groups in total. The number of anilines is 2. The molecule has 0 radical (unpaired) electrons. The Morgan fingerprint density at radius 1 is 0.950 bits per heavy atom. The summed E-state index contributed by atoms with van der Waals surface area (Å²) < 4.78 is 71.5. The van der Waals surface area contributed by atoms with E-state index >= 15 is 0 Å². The van der Waals surface area contributed by atoms with Crippen molar-refractivity contribution in [2.24, 2.45) is 0 Å². The fourth-order valence-corrected chi connectivity index (χ4v) is 5.19. The second kappa shape index (κ2) is 9.78. The van der Waals surface area contributed by atoms with Crippen LogP contribution >= 0.6 is 0 Å². The Bertz CT molecular complexity index is 1630. The van der Waals surface area contributed by atoms with E-state index < -0.39 is 35.0 Å². The number of nitrogens with one attached hydrogen (secondary N) is 1. The first-order chi connectivity index (χ1) is 19.2. The number of carbonyl (C=O) groups excluding carboxylic acids is 1. The third kappa shape index (κ3) is 4.25. The van der Waals surface area contributed by atoms with E-state index in [0.29, 0.717) is 35.6 Å². The second-order valence-electron chi connectivity index (χ2n) is 9.51. The van der Waals surface area contributed by atoms with Crippen LogP contribution in [-0.4, -0.2) is 44.7 Å². The van der Waals surface area contributed by atoms with Crippen LogP contribution in [0.15, 0.2) is 67.3 Å². The van der Waals surface area contributed by atoms with Gasteiger partial charge in [-0.25, -0.2) is 26.6 Å². The van der Waals surface area contributed by atoms with E-state index in [1.165, 1.54) is 18.3 Å². The number of nitrogens with zero attached hydrogens (tertiary/aromatic N) is 5. The minimum Gasteiger partial charge on any atom is -0.340 e. The van der Waals surface area contributed by atoms with Gasteiger partial charge in [0.1, 0.15) is 11.5 Å². The number of hydrogen-bond acceptors (Lipinski definition) is 5. The molecule has 0 atom stereocenters. The van der Waals surface area contributed by atoms with E-state index in [0.717, 1.165) is 22.9 Å². The van der Waals surface area contributed by atoms with Crippen molar-refractivity contribution in [2.75, 3.05) is 23.3 Å². The lowest BCUT2D eigenvalue weighted by Crippen LogP contribution is -2.46. The van der Waals surface area contributed by atoms with Gasteiger partial charge in [-0.15, -0.1) is 0 Å². The highest BCUT2D eigenvalue weighted by molar-refractivity contribution is 5.94. The van der Waals surface area contributed by atoms with Crippen molar-refractivity contribution in [3.8, 4) is 16.9 Å². The summed E-state index contributed by atoms with van der Waals surface area (Å²) in [5.41, 5.74) is 1.25. The molecule has 0 aliphatic carbocycles. The Balaban J connectivity index is 1.27. The van der Waals surface area contributed by atoms with Crippen LogP contribution in [0.3, 0.4) is 0 Å². The molecule has 1 amide bonds. The van der Waals surface area contributed by atoms with Crippen molar-refractivity contribution < 1.29 is 26.7 Å². The van der Waals surface area contributed by atoms with Crippen LogP contribution in [0.2, 0.25) is 0 Å². The first kappa shape index (κ1) is 25.5. The summed E-state index contributed by atoms with van der Waals surface area (Å²) in [7, 11) is 0. The summed E-state index contributed by atoms with van der Waals surface area (Å²) in [4.78, 5) is 20.7. The molecule has 1 saturated heterocycles. The molecule has 0 unspecified atom stereocenters. The molecule has 0 spiro atoms. The predicted octanol–water partition coefficient (Wildman–Crippen LogP) is 5.64. The number of hydrogen-bond donors (Lipinski definition) is 1. The van der Waals surface area contributed by atoms with Gasteiger partial charge < -0.3 is 15.1 Å². The maximum atomic E-state index is 14.7. The highest BCUT2D eigenvalue weighted by Gasteiger charge is 2.36. The molecular weight excluding hydrogens is 531 g/mol. The van der Waals surface area contributed by atoms with Gasteiger partial charge in [-0.05, 0) is 43.2 Å². The summed E-state index contributed by atoms with van der Waals surface area (Å²) in [6, 6.07) is 8.66. The third-order valence-electron chi connectivity index (χ3n) is 7.10. The molecule has 0 bridgehead atoms. The maximum Gasteiger partial charge on any atom is 0.274 e. The number of benzene rings is 2. The smallest absolute Gasteiger partial charge is 0.274 e. The predicted molar refractivity (Wildman–Crippen MR) is 137 cm³/mol. The molecule has 204 valence electrons. The molecule has 40 heavy (non-hydrogen) atoms. The van der Waals surface area contributed by atoms with E-state index in [-0.39, 0.29) is 36.2 Å². The zero-order chi connectivity index (χ0) is 28.1. The number of fused-ring (bicyclic) bond motifs is 1. The van der Waals surface area contributed by atoms with Gasteiger partial charge in [-0.1, -0.05) is 6.58 Å². The Kier molecular flexibility index (Phi) is 6.24. The summed E-state index contributed by atoms with van der Waals surface area (Å²) in [6.45, 7) is 4.51. The van der Waals surface area contributed by atoms with E-state index in [9.17, 15) is 26.7 Å². The fourth-order valence-electron chi connectivity index (χ4n) is 5.19. The molecular formula is C28H21F5N6O. The molecule has 4 aromatic rings. The lowest BCUT2D eigenvalue weighted by atomic mass is 10.0. The number of likely N-dealkylation sites (tertiary alicyclic amines) is 1. The normalized spacial score (nSPS) is 15.4. The number of amides is 1. The highest BCUT2D eigenvalue weighted by Crippen LogP contribution is 2.42. The van der Waals surface area contributed by atoms with Crippen molar-refractivity contribution in [1.82, 2.24) is 19.7 Å². The van der Waals surface area contributed by atoms with Crippen LogP contribution in [0.1, 0.15) is 23.3 Å². The molecule has 2 aliphatic heterocycles. The Morgan fingerprint density at radius 3 is 2.35 bits per heavy atom. The standard InChI is InChI=1S/C28H21F5N6O/c1-15-35-22-5-4-19(29)26(33)27(22)38(15)17-6-9-37(10-7-17)28(40)23-13-24(16-3-2-8-34-14-16)39(36-23)18-11-20(30)25(32)21(31)12-18/h2-5,8,11-14,17,35H,1,6-7,9-10H2. The summed E-state index contributed by atoms with van der Waals surface area (Å²) in [5.74, 6) is -6.34. The average molecular weight is 553 g/mol. The van der Waals surface area contributed by atoms with Gasteiger partial charge in [0.2, 0.25) is 0 Å². The van der Waals surface area contributed by atoms with Crippen molar-refractivity contribution in [2.45, 2.75) is 18.9 Å².